The Hall–Kier alpha value is -4.71. The zero-order chi connectivity index (χ0) is 26.5. The molecule has 4 rings (SSSR count). The van der Waals surface area contributed by atoms with E-state index in [9.17, 15) is 19.7 Å². The molecule has 1 aromatic heterocycles. The number of nitro benzene ring substituents is 1. The number of carboxylic acids is 1. The van der Waals surface area contributed by atoms with Crippen LogP contribution >= 0.6 is 15.9 Å². The van der Waals surface area contributed by atoms with Gasteiger partial charge in [-0.05, 0) is 63.5 Å². The molecule has 4 aromatic rings. The van der Waals surface area contributed by atoms with Crippen LogP contribution in [0.15, 0.2) is 74.7 Å². The van der Waals surface area contributed by atoms with Crippen LogP contribution in [0, 0.1) is 10.1 Å². The van der Waals surface area contributed by atoms with Crippen molar-refractivity contribution < 1.29 is 33.5 Å². The van der Waals surface area contributed by atoms with E-state index >= 15 is 0 Å². The first-order chi connectivity index (χ1) is 17.7. The van der Waals surface area contributed by atoms with Crippen molar-refractivity contribution in [1.29, 1.82) is 0 Å². The molecule has 37 heavy (non-hydrogen) atoms. The number of carbonyl (C=O) groups is 2. The first-order valence-corrected chi connectivity index (χ1v) is 11.4. The maximum Gasteiger partial charge on any atom is 0.335 e. The van der Waals surface area contributed by atoms with E-state index in [1.807, 2.05) is 0 Å². The molecule has 1 amide bonds. The molecule has 0 fully saturated rings. The lowest BCUT2D eigenvalue weighted by Crippen LogP contribution is -2.16. The molecule has 1 heterocycles. The Bertz CT molecular complexity index is 1550. The van der Waals surface area contributed by atoms with Crippen LogP contribution in [0.2, 0.25) is 0 Å². The van der Waals surface area contributed by atoms with Crippen molar-refractivity contribution in [2.24, 2.45) is 5.10 Å². The zero-order valence-electron chi connectivity index (χ0n) is 19.1. The second-order valence-electron chi connectivity index (χ2n) is 7.62. The lowest BCUT2D eigenvalue weighted by Gasteiger charge is -2.13. The van der Waals surface area contributed by atoms with E-state index in [-0.39, 0.29) is 23.6 Å². The van der Waals surface area contributed by atoms with Crippen LogP contribution in [-0.2, 0) is 6.61 Å². The highest BCUT2D eigenvalue weighted by Crippen LogP contribution is 2.37. The number of nitro groups is 1. The summed E-state index contributed by atoms with van der Waals surface area (Å²) in [5.74, 6) is -0.927. The third-order valence-corrected chi connectivity index (χ3v) is 5.71. The molecule has 0 atom stereocenters. The Morgan fingerprint density at radius 2 is 2.00 bits per heavy atom. The SMILES string of the molecule is COc1cc(/C=N\NC(=O)c2cc3cc([N+](=O)[O-])ccc3o2)cc(Br)c1OCc1cccc(C(=O)O)c1. The summed E-state index contributed by atoms with van der Waals surface area (Å²) >= 11 is 3.43. The van der Waals surface area contributed by atoms with E-state index in [1.165, 1.54) is 49.7 Å². The lowest BCUT2D eigenvalue weighted by molar-refractivity contribution is -0.384. The summed E-state index contributed by atoms with van der Waals surface area (Å²) < 4.78 is 17.3. The summed E-state index contributed by atoms with van der Waals surface area (Å²) in [7, 11) is 1.47. The molecule has 0 aliphatic rings. The predicted octanol–water partition coefficient (Wildman–Crippen LogP) is 5.15. The standard InChI is InChI=1S/C25H18BrN3O8/c1-35-21-9-15(8-19(26)23(21)36-13-14-3-2-4-16(7-14)25(31)32)12-27-28-24(30)22-11-17-10-18(29(33)34)5-6-20(17)37-22/h2-12H,13H2,1H3,(H,28,30)(H,31,32)/b27-12-. The molecule has 188 valence electrons. The van der Waals surface area contributed by atoms with Gasteiger partial charge in [0.2, 0.25) is 0 Å². The van der Waals surface area contributed by atoms with Crippen LogP contribution in [0.1, 0.15) is 32.0 Å². The molecule has 0 aliphatic carbocycles. The van der Waals surface area contributed by atoms with Crippen LogP contribution < -0.4 is 14.9 Å². The summed E-state index contributed by atoms with van der Waals surface area (Å²) in [6, 6.07) is 15.2. The number of carboxylic acid groups (broad SMARTS) is 1. The number of aromatic carboxylic acids is 1. The van der Waals surface area contributed by atoms with E-state index in [1.54, 1.807) is 24.3 Å². The Morgan fingerprint density at radius 1 is 1.19 bits per heavy atom. The van der Waals surface area contributed by atoms with Crippen LogP contribution in [0.3, 0.4) is 0 Å². The monoisotopic (exact) mass is 567 g/mol. The van der Waals surface area contributed by atoms with Gasteiger partial charge in [-0.3, -0.25) is 14.9 Å². The summed E-state index contributed by atoms with van der Waals surface area (Å²) in [5, 5.41) is 24.4. The third kappa shape index (κ3) is 5.93. The van der Waals surface area contributed by atoms with E-state index in [2.05, 4.69) is 26.5 Å². The third-order valence-electron chi connectivity index (χ3n) is 5.12. The molecule has 0 unspecified atom stereocenters. The number of halogens is 1. The summed E-state index contributed by atoms with van der Waals surface area (Å²) in [4.78, 5) is 34.0. The first-order valence-electron chi connectivity index (χ1n) is 10.6. The number of benzene rings is 3. The second-order valence-corrected chi connectivity index (χ2v) is 8.47. The highest BCUT2D eigenvalue weighted by molar-refractivity contribution is 9.10. The molecular weight excluding hydrogens is 550 g/mol. The Kier molecular flexibility index (Phi) is 7.49. The minimum Gasteiger partial charge on any atom is -0.493 e. The van der Waals surface area contributed by atoms with Gasteiger partial charge in [-0.25, -0.2) is 10.2 Å². The van der Waals surface area contributed by atoms with E-state index < -0.39 is 16.8 Å². The minimum atomic E-state index is -1.03. The lowest BCUT2D eigenvalue weighted by atomic mass is 10.1. The first kappa shape index (κ1) is 25.4. The number of fused-ring (bicyclic) bond motifs is 1. The number of hydrogen-bond acceptors (Lipinski definition) is 8. The Labute approximate surface area is 217 Å². The molecule has 0 radical (unpaired) electrons. The molecular formula is C25H18BrN3O8. The molecule has 2 N–H and O–H groups in total. The number of hydrazone groups is 1. The highest BCUT2D eigenvalue weighted by Gasteiger charge is 2.15. The van der Waals surface area contributed by atoms with Crippen molar-refractivity contribution in [3.05, 3.63) is 97.7 Å². The molecule has 0 spiro atoms. The fraction of sp³-hybridized carbons (Fsp3) is 0.0800. The van der Waals surface area contributed by atoms with Gasteiger partial charge in [0.1, 0.15) is 12.2 Å². The van der Waals surface area contributed by atoms with Crippen LogP contribution in [0.4, 0.5) is 5.69 Å². The van der Waals surface area contributed by atoms with Gasteiger partial charge in [0.15, 0.2) is 17.3 Å². The van der Waals surface area contributed by atoms with Crippen molar-refractivity contribution in [2.45, 2.75) is 6.61 Å². The smallest absolute Gasteiger partial charge is 0.335 e. The normalized spacial score (nSPS) is 11.0. The van der Waals surface area contributed by atoms with Crippen molar-refractivity contribution in [2.75, 3.05) is 7.11 Å². The fourth-order valence-corrected chi connectivity index (χ4v) is 3.95. The van der Waals surface area contributed by atoms with Gasteiger partial charge < -0.3 is 19.0 Å². The summed E-state index contributed by atoms with van der Waals surface area (Å²) in [6.07, 6.45) is 1.39. The number of amides is 1. The van der Waals surface area contributed by atoms with Crippen molar-refractivity contribution in [3.63, 3.8) is 0 Å². The molecule has 3 aromatic carbocycles. The number of methoxy groups -OCH3 is 1. The van der Waals surface area contributed by atoms with Crippen LogP contribution in [-0.4, -0.2) is 35.2 Å². The summed E-state index contributed by atoms with van der Waals surface area (Å²) in [5.41, 5.74) is 3.97. The Balaban J connectivity index is 1.44. The van der Waals surface area contributed by atoms with E-state index in [0.29, 0.717) is 38.1 Å². The number of furan rings is 1. The molecule has 11 nitrogen and oxygen atoms in total. The number of ether oxygens (including phenoxy) is 2. The number of nitrogens with one attached hydrogen (secondary N) is 1. The maximum absolute atomic E-state index is 12.4. The largest absolute Gasteiger partial charge is 0.493 e. The maximum atomic E-state index is 12.4. The van der Waals surface area contributed by atoms with Crippen molar-refractivity contribution >= 4 is 50.7 Å². The number of nitrogens with zero attached hydrogens (tertiary/aromatic N) is 2. The van der Waals surface area contributed by atoms with Gasteiger partial charge in [0, 0.05) is 17.5 Å². The number of hydrogen-bond donors (Lipinski definition) is 2. The second kappa shape index (κ2) is 10.9. The van der Waals surface area contributed by atoms with Crippen LogP contribution in [0.25, 0.3) is 11.0 Å². The minimum absolute atomic E-state index is 0.0536. The van der Waals surface area contributed by atoms with Gasteiger partial charge in [-0.2, -0.15) is 5.10 Å². The molecule has 0 aliphatic heterocycles. The number of rotatable bonds is 9. The molecule has 12 heteroatoms. The Morgan fingerprint density at radius 3 is 2.73 bits per heavy atom. The zero-order valence-corrected chi connectivity index (χ0v) is 20.7. The molecule has 0 saturated carbocycles. The van der Waals surface area contributed by atoms with Crippen LogP contribution in [0.5, 0.6) is 11.5 Å². The molecule has 0 saturated heterocycles. The van der Waals surface area contributed by atoms with Crippen molar-refractivity contribution in [1.82, 2.24) is 5.43 Å². The summed E-state index contributed by atoms with van der Waals surface area (Å²) in [6.45, 7) is 0.111. The predicted molar refractivity (Wildman–Crippen MR) is 136 cm³/mol. The average Bonchev–Trinajstić information content (AvgIpc) is 3.31. The van der Waals surface area contributed by atoms with E-state index in [4.69, 9.17) is 19.0 Å². The van der Waals surface area contributed by atoms with Gasteiger partial charge in [-0.1, -0.05) is 12.1 Å². The number of non-ortho nitro benzene ring substituents is 1. The average molecular weight is 568 g/mol. The number of carbonyl (C=O) groups excluding carboxylic acids is 1. The van der Waals surface area contributed by atoms with Gasteiger partial charge in [0.05, 0.1) is 28.3 Å². The van der Waals surface area contributed by atoms with E-state index in [0.717, 1.165) is 0 Å². The topological polar surface area (TPSA) is 154 Å². The molecule has 0 bridgehead atoms. The fourth-order valence-electron chi connectivity index (χ4n) is 3.38. The van der Waals surface area contributed by atoms with Gasteiger partial charge >= 0.3 is 11.9 Å². The van der Waals surface area contributed by atoms with Crippen molar-refractivity contribution in [3.8, 4) is 11.5 Å². The quantitative estimate of drug-likeness (QED) is 0.160. The van der Waals surface area contributed by atoms with Gasteiger partial charge in [-0.15, -0.1) is 0 Å². The van der Waals surface area contributed by atoms with Gasteiger partial charge in [0.25, 0.3) is 5.69 Å². The highest BCUT2D eigenvalue weighted by atomic mass is 79.9.